The second kappa shape index (κ2) is 7.39. The molecule has 2 aromatic rings. The SMILES string of the molecule is CCc1cc(C(=O)NCCCn2cccn2)cc(NN)n1. The average molecular weight is 288 g/mol. The number of amides is 1. The van der Waals surface area contributed by atoms with Crippen LogP contribution >= 0.6 is 0 Å². The normalized spacial score (nSPS) is 10.4. The van der Waals surface area contributed by atoms with E-state index in [4.69, 9.17) is 5.84 Å². The van der Waals surface area contributed by atoms with E-state index in [9.17, 15) is 4.79 Å². The van der Waals surface area contributed by atoms with Crippen LogP contribution in [0.5, 0.6) is 0 Å². The van der Waals surface area contributed by atoms with E-state index in [-0.39, 0.29) is 5.91 Å². The minimum Gasteiger partial charge on any atom is -0.352 e. The number of nitrogens with two attached hydrogens (primary N) is 1. The summed E-state index contributed by atoms with van der Waals surface area (Å²) in [5.74, 6) is 5.74. The van der Waals surface area contributed by atoms with Crippen LogP contribution < -0.4 is 16.6 Å². The van der Waals surface area contributed by atoms with E-state index in [1.165, 1.54) is 0 Å². The number of nitrogens with zero attached hydrogens (tertiary/aromatic N) is 3. The third-order valence-electron chi connectivity index (χ3n) is 3.06. The van der Waals surface area contributed by atoms with Gasteiger partial charge in [0.05, 0.1) is 0 Å². The highest BCUT2D eigenvalue weighted by Gasteiger charge is 2.08. The number of carbonyl (C=O) groups is 1. The van der Waals surface area contributed by atoms with Crippen molar-refractivity contribution in [3.8, 4) is 0 Å². The molecule has 2 aromatic heterocycles. The second-order valence-electron chi connectivity index (χ2n) is 4.61. The molecule has 0 bridgehead atoms. The number of nitrogens with one attached hydrogen (secondary N) is 2. The number of pyridine rings is 1. The van der Waals surface area contributed by atoms with Crippen molar-refractivity contribution in [1.82, 2.24) is 20.1 Å². The van der Waals surface area contributed by atoms with Crippen LogP contribution in [0.3, 0.4) is 0 Å². The zero-order valence-corrected chi connectivity index (χ0v) is 12.0. The Hall–Kier alpha value is -2.41. The first-order valence-corrected chi connectivity index (χ1v) is 6.96. The van der Waals surface area contributed by atoms with E-state index in [1.807, 2.05) is 23.9 Å². The summed E-state index contributed by atoms with van der Waals surface area (Å²) in [5.41, 5.74) is 3.87. The maximum Gasteiger partial charge on any atom is 0.251 e. The number of hydrogen-bond acceptors (Lipinski definition) is 5. The Bertz CT molecular complexity index is 559. The topological polar surface area (TPSA) is 97.9 Å². The molecule has 0 aliphatic carbocycles. The van der Waals surface area contributed by atoms with E-state index in [2.05, 4.69) is 20.8 Å². The second-order valence-corrected chi connectivity index (χ2v) is 4.61. The summed E-state index contributed by atoms with van der Waals surface area (Å²) in [6, 6.07) is 5.30. The summed E-state index contributed by atoms with van der Waals surface area (Å²) in [7, 11) is 0. The highest BCUT2D eigenvalue weighted by atomic mass is 16.1. The van der Waals surface area contributed by atoms with Gasteiger partial charge in [-0.15, -0.1) is 0 Å². The van der Waals surface area contributed by atoms with Crippen LogP contribution in [-0.2, 0) is 13.0 Å². The van der Waals surface area contributed by atoms with Gasteiger partial charge in [-0.25, -0.2) is 10.8 Å². The van der Waals surface area contributed by atoms with Gasteiger partial charge in [0, 0.05) is 36.7 Å². The summed E-state index contributed by atoms with van der Waals surface area (Å²) < 4.78 is 1.84. The summed E-state index contributed by atoms with van der Waals surface area (Å²) in [5, 5.41) is 7.00. The quantitative estimate of drug-likeness (QED) is 0.400. The molecule has 0 atom stereocenters. The van der Waals surface area contributed by atoms with Crippen molar-refractivity contribution in [1.29, 1.82) is 0 Å². The monoisotopic (exact) mass is 288 g/mol. The first-order chi connectivity index (χ1) is 10.2. The summed E-state index contributed by atoms with van der Waals surface area (Å²) in [6.45, 7) is 3.35. The Balaban J connectivity index is 1.87. The molecular weight excluding hydrogens is 268 g/mol. The maximum atomic E-state index is 12.1. The van der Waals surface area contributed by atoms with Crippen molar-refractivity contribution in [2.24, 2.45) is 5.84 Å². The van der Waals surface area contributed by atoms with Crippen molar-refractivity contribution in [2.45, 2.75) is 26.3 Å². The lowest BCUT2D eigenvalue weighted by Gasteiger charge is -2.08. The minimum atomic E-state index is -0.121. The molecule has 0 spiro atoms. The molecule has 21 heavy (non-hydrogen) atoms. The van der Waals surface area contributed by atoms with Crippen molar-refractivity contribution in [2.75, 3.05) is 12.0 Å². The van der Waals surface area contributed by atoms with E-state index >= 15 is 0 Å². The fraction of sp³-hybridized carbons (Fsp3) is 0.357. The number of carbonyl (C=O) groups excluding carboxylic acids is 1. The molecule has 0 fully saturated rings. The number of rotatable bonds is 7. The summed E-state index contributed by atoms with van der Waals surface area (Å²) in [6.07, 6.45) is 5.21. The Morgan fingerprint density at radius 1 is 1.43 bits per heavy atom. The number of aromatic nitrogens is 3. The van der Waals surface area contributed by atoms with E-state index in [0.717, 1.165) is 25.1 Å². The Labute approximate surface area is 123 Å². The molecule has 0 unspecified atom stereocenters. The first-order valence-electron chi connectivity index (χ1n) is 6.96. The molecular formula is C14H20N6O. The molecule has 112 valence electrons. The van der Waals surface area contributed by atoms with Gasteiger partial charge in [0.15, 0.2) is 0 Å². The third-order valence-corrected chi connectivity index (χ3v) is 3.06. The van der Waals surface area contributed by atoms with Crippen molar-refractivity contribution < 1.29 is 4.79 Å². The van der Waals surface area contributed by atoms with Gasteiger partial charge in [0.1, 0.15) is 5.82 Å². The van der Waals surface area contributed by atoms with Crippen molar-refractivity contribution in [3.05, 3.63) is 41.9 Å². The van der Waals surface area contributed by atoms with Gasteiger partial charge >= 0.3 is 0 Å². The Morgan fingerprint density at radius 3 is 2.95 bits per heavy atom. The predicted molar refractivity (Wildman–Crippen MR) is 80.6 cm³/mol. The molecule has 0 saturated carbocycles. The number of hydrazine groups is 1. The molecule has 0 radical (unpaired) electrons. The standard InChI is InChI=1S/C14H20N6O/c1-2-12-9-11(10-13(18-12)19-15)14(21)16-5-3-7-20-8-4-6-17-20/h4,6,8-10H,2-3,5,7,15H2,1H3,(H,16,21)(H,18,19). The molecule has 7 heteroatoms. The largest absolute Gasteiger partial charge is 0.352 e. The van der Waals surface area contributed by atoms with Crippen LogP contribution in [0.15, 0.2) is 30.6 Å². The highest BCUT2D eigenvalue weighted by molar-refractivity contribution is 5.94. The van der Waals surface area contributed by atoms with Gasteiger partial charge in [-0.1, -0.05) is 6.92 Å². The molecule has 0 aromatic carbocycles. The number of nitrogen functional groups attached to an aromatic ring is 1. The molecule has 0 saturated heterocycles. The number of aryl methyl sites for hydroxylation is 2. The molecule has 0 aliphatic heterocycles. The van der Waals surface area contributed by atoms with E-state index in [0.29, 0.717) is 17.9 Å². The predicted octanol–water partition coefficient (Wildman–Crippen LogP) is 0.946. The van der Waals surface area contributed by atoms with E-state index in [1.54, 1.807) is 18.3 Å². The van der Waals surface area contributed by atoms with Gasteiger partial charge < -0.3 is 10.7 Å². The molecule has 2 heterocycles. The minimum absolute atomic E-state index is 0.121. The van der Waals surface area contributed by atoms with Gasteiger partial charge in [0.25, 0.3) is 5.91 Å². The Kier molecular flexibility index (Phi) is 5.28. The maximum absolute atomic E-state index is 12.1. The van der Waals surface area contributed by atoms with Crippen LogP contribution in [0.25, 0.3) is 0 Å². The lowest BCUT2D eigenvalue weighted by atomic mass is 10.2. The van der Waals surface area contributed by atoms with Gasteiger partial charge in [-0.3, -0.25) is 9.48 Å². The first kappa shape index (κ1) is 15.0. The zero-order valence-electron chi connectivity index (χ0n) is 12.0. The molecule has 7 nitrogen and oxygen atoms in total. The lowest BCUT2D eigenvalue weighted by Crippen LogP contribution is -2.26. The van der Waals surface area contributed by atoms with Crippen LogP contribution in [0.2, 0.25) is 0 Å². The summed E-state index contributed by atoms with van der Waals surface area (Å²) >= 11 is 0. The zero-order chi connectivity index (χ0) is 15.1. The van der Waals surface area contributed by atoms with Crippen molar-refractivity contribution >= 4 is 11.7 Å². The van der Waals surface area contributed by atoms with Gasteiger partial charge in [-0.05, 0) is 31.0 Å². The third kappa shape index (κ3) is 4.28. The molecule has 2 rings (SSSR count). The fourth-order valence-corrected chi connectivity index (χ4v) is 1.95. The van der Waals surface area contributed by atoms with Gasteiger partial charge in [0.2, 0.25) is 0 Å². The van der Waals surface area contributed by atoms with Crippen LogP contribution in [-0.4, -0.2) is 27.2 Å². The Morgan fingerprint density at radius 2 is 2.29 bits per heavy atom. The number of hydrogen-bond donors (Lipinski definition) is 3. The number of anilines is 1. The van der Waals surface area contributed by atoms with Crippen LogP contribution in [0.1, 0.15) is 29.4 Å². The molecule has 0 aliphatic rings. The average Bonchev–Trinajstić information content (AvgIpc) is 3.04. The van der Waals surface area contributed by atoms with E-state index < -0.39 is 0 Å². The molecule has 1 amide bonds. The lowest BCUT2D eigenvalue weighted by molar-refractivity contribution is 0.0952. The summed E-state index contributed by atoms with van der Waals surface area (Å²) in [4.78, 5) is 16.4. The van der Waals surface area contributed by atoms with Gasteiger partial charge in [-0.2, -0.15) is 5.10 Å². The van der Waals surface area contributed by atoms with Crippen LogP contribution in [0.4, 0.5) is 5.82 Å². The fourth-order valence-electron chi connectivity index (χ4n) is 1.95. The van der Waals surface area contributed by atoms with Crippen LogP contribution in [0, 0.1) is 0 Å². The molecule has 4 N–H and O–H groups in total. The van der Waals surface area contributed by atoms with Crippen molar-refractivity contribution in [3.63, 3.8) is 0 Å². The highest BCUT2D eigenvalue weighted by Crippen LogP contribution is 2.10. The smallest absolute Gasteiger partial charge is 0.251 e.